The first-order valence-electron chi connectivity index (χ1n) is 5.15. The van der Waals surface area contributed by atoms with Crippen LogP contribution < -0.4 is 20.9 Å². The summed E-state index contributed by atoms with van der Waals surface area (Å²) in [6.07, 6.45) is 1.37. The van der Waals surface area contributed by atoms with Crippen LogP contribution in [-0.2, 0) is 0 Å². The lowest BCUT2D eigenvalue weighted by atomic mass is 10.0. The van der Waals surface area contributed by atoms with Crippen LogP contribution in [0.4, 0.5) is 0 Å². The Labute approximate surface area is 90.0 Å². The molecule has 1 aliphatic rings. The van der Waals surface area contributed by atoms with Crippen molar-refractivity contribution < 1.29 is 4.74 Å². The molecule has 1 aliphatic heterocycles. The largest absolute Gasteiger partial charge is 0.497 e. The highest BCUT2D eigenvalue weighted by molar-refractivity contribution is 5.30. The van der Waals surface area contributed by atoms with Crippen LogP contribution in [0, 0.1) is 0 Å². The van der Waals surface area contributed by atoms with Gasteiger partial charge in [0.25, 0.3) is 0 Å². The van der Waals surface area contributed by atoms with E-state index in [2.05, 4.69) is 28.3 Å². The normalized spacial score (nSPS) is 25.5. The Bertz CT molecular complexity index is 329. The van der Waals surface area contributed by atoms with Crippen molar-refractivity contribution in [3.8, 4) is 5.75 Å². The van der Waals surface area contributed by atoms with Gasteiger partial charge in [0, 0.05) is 6.04 Å². The van der Waals surface area contributed by atoms with Gasteiger partial charge in [0.2, 0.25) is 0 Å². The molecule has 2 rings (SSSR count). The third-order valence-electron chi connectivity index (χ3n) is 2.75. The highest BCUT2D eigenvalue weighted by atomic mass is 16.5. The summed E-state index contributed by atoms with van der Waals surface area (Å²) in [6.45, 7) is 0. The van der Waals surface area contributed by atoms with Gasteiger partial charge in [-0.25, -0.2) is 10.9 Å². The fourth-order valence-electron chi connectivity index (χ4n) is 1.82. The first-order chi connectivity index (χ1) is 7.33. The first kappa shape index (κ1) is 10.4. The van der Waals surface area contributed by atoms with Crippen molar-refractivity contribution in [3.05, 3.63) is 29.8 Å². The van der Waals surface area contributed by atoms with Crippen LogP contribution in [0.25, 0.3) is 0 Å². The van der Waals surface area contributed by atoms with Gasteiger partial charge in [-0.1, -0.05) is 12.1 Å². The lowest BCUT2D eigenvalue weighted by molar-refractivity contribution is 0.413. The Hall–Kier alpha value is -1.10. The number of hydrogen-bond donors (Lipinski definition) is 3. The third-order valence-corrected chi connectivity index (χ3v) is 2.75. The molecule has 0 bridgehead atoms. The second-order valence-electron chi connectivity index (χ2n) is 3.69. The molecular weight excluding hydrogens is 190 g/mol. The molecule has 15 heavy (non-hydrogen) atoms. The minimum atomic E-state index is 0.334. The number of benzene rings is 1. The number of methoxy groups -OCH3 is 1. The zero-order valence-electron chi connectivity index (χ0n) is 9.08. The minimum Gasteiger partial charge on any atom is -0.497 e. The van der Waals surface area contributed by atoms with Gasteiger partial charge in [-0.2, -0.15) is 0 Å². The lowest BCUT2D eigenvalue weighted by Crippen LogP contribution is -2.38. The molecule has 0 spiro atoms. The maximum Gasteiger partial charge on any atom is 0.119 e. The molecule has 0 aliphatic carbocycles. The summed E-state index contributed by atoms with van der Waals surface area (Å²) in [4.78, 5) is 0. The maximum atomic E-state index is 5.20. The zero-order chi connectivity index (χ0) is 10.7. The van der Waals surface area contributed by atoms with Crippen molar-refractivity contribution in [2.45, 2.75) is 18.6 Å². The van der Waals surface area contributed by atoms with E-state index in [0.29, 0.717) is 12.2 Å². The molecule has 1 saturated heterocycles. The molecule has 0 saturated carbocycles. The highest BCUT2D eigenvalue weighted by Gasteiger charge is 2.23. The van der Waals surface area contributed by atoms with E-state index in [1.807, 2.05) is 19.2 Å². The van der Waals surface area contributed by atoms with Gasteiger partial charge in [0.15, 0.2) is 0 Å². The van der Waals surface area contributed by atoms with Gasteiger partial charge >= 0.3 is 0 Å². The summed E-state index contributed by atoms with van der Waals surface area (Å²) in [5.74, 6) is 0.905. The SMILES string of the molecule is CNC1CC(c2cccc(OC)c2)NN1. The van der Waals surface area contributed by atoms with E-state index >= 15 is 0 Å². The van der Waals surface area contributed by atoms with Gasteiger partial charge in [-0.3, -0.25) is 0 Å². The molecule has 1 heterocycles. The molecular formula is C11H17N3O. The van der Waals surface area contributed by atoms with Crippen LogP contribution in [0.15, 0.2) is 24.3 Å². The molecule has 82 valence electrons. The van der Waals surface area contributed by atoms with Crippen molar-refractivity contribution in [2.75, 3.05) is 14.2 Å². The number of nitrogens with one attached hydrogen (secondary N) is 3. The predicted molar refractivity (Wildman–Crippen MR) is 59.5 cm³/mol. The Morgan fingerprint density at radius 2 is 2.27 bits per heavy atom. The van der Waals surface area contributed by atoms with Crippen LogP contribution in [-0.4, -0.2) is 20.3 Å². The van der Waals surface area contributed by atoms with E-state index in [4.69, 9.17) is 4.74 Å². The van der Waals surface area contributed by atoms with Crippen molar-refractivity contribution >= 4 is 0 Å². The molecule has 0 radical (unpaired) electrons. The summed E-state index contributed by atoms with van der Waals surface area (Å²) in [6, 6.07) is 8.50. The van der Waals surface area contributed by atoms with Crippen LogP contribution in [0.5, 0.6) is 5.75 Å². The molecule has 0 amide bonds. The van der Waals surface area contributed by atoms with E-state index in [1.165, 1.54) is 5.56 Å². The number of ether oxygens (including phenoxy) is 1. The molecule has 1 aromatic rings. The summed E-state index contributed by atoms with van der Waals surface area (Å²) >= 11 is 0. The van der Waals surface area contributed by atoms with Gasteiger partial charge in [-0.05, 0) is 31.2 Å². The summed E-state index contributed by atoms with van der Waals surface area (Å²) in [7, 11) is 3.64. The molecule has 1 fully saturated rings. The molecule has 0 aromatic heterocycles. The fraction of sp³-hybridized carbons (Fsp3) is 0.455. The van der Waals surface area contributed by atoms with E-state index in [0.717, 1.165) is 12.2 Å². The monoisotopic (exact) mass is 207 g/mol. The third kappa shape index (κ3) is 2.28. The van der Waals surface area contributed by atoms with Crippen molar-refractivity contribution in [1.29, 1.82) is 0 Å². The van der Waals surface area contributed by atoms with Gasteiger partial charge < -0.3 is 10.1 Å². The predicted octanol–water partition coefficient (Wildman–Crippen LogP) is 0.780. The number of hydrazine groups is 1. The second kappa shape index (κ2) is 4.61. The average Bonchev–Trinajstić information content (AvgIpc) is 2.78. The topological polar surface area (TPSA) is 45.3 Å². The number of rotatable bonds is 3. The van der Waals surface area contributed by atoms with Gasteiger partial charge in [0.05, 0.1) is 13.3 Å². The van der Waals surface area contributed by atoms with Crippen LogP contribution in [0.2, 0.25) is 0 Å². The summed E-state index contributed by atoms with van der Waals surface area (Å²) in [5, 5.41) is 3.19. The maximum absolute atomic E-state index is 5.20. The van der Waals surface area contributed by atoms with Crippen LogP contribution >= 0.6 is 0 Å². The van der Waals surface area contributed by atoms with Gasteiger partial charge in [0.1, 0.15) is 5.75 Å². The molecule has 2 atom stereocenters. The summed E-state index contributed by atoms with van der Waals surface area (Å²) in [5.41, 5.74) is 7.70. The van der Waals surface area contributed by atoms with Crippen LogP contribution in [0.3, 0.4) is 0 Å². The van der Waals surface area contributed by atoms with Gasteiger partial charge in [-0.15, -0.1) is 0 Å². The molecule has 4 heteroatoms. The molecule has 4 nitrogen and oxygen atoms in total. The van der Waals surface area contributed by atoms with E-state index in [-0.39, 0.29) is 0 Å². The fourth-order valence-corrected chi connectivity index (χ4v) is 1.82. The zero-order valence-corrected chi connectivity index (χ0v) is 9.08. The Balaban J connectivity index is 2.09. The molecule has 2 unspecified atom stereocenters. The Kier molecular flexibility index (Phi) is 3.20. The average molecular weight is 207 g/mol. The van der Waals surface area contributed by atoms with Crippen molar-refractivity contribution in [1.82, 2.24) is 16.2 Å². The number of hydrogen-bond acceptors (Lipinski definition) is 4. The molecule has 3 N–H and O–H groups in total. The minimum absolute atomic E-state index is 0.334. The van der Waals surface area contributed by atoms with Crippen molar-refractivity contribution in [2.24, 2.45) is 0 Å². The van der Waals surface area contributed by atoms with Crippen LogP contribution in [0.1, 0.15) is 18.0 Å². The van der Waals surface area contributed by atoms with E-state index in [9.17, 15) is 0 Å². The highest BCUT2D eigenvalue weighted by Crippen LogP contribution is 2.24. The Morgan fingerprint density at radius 3 is 2.93 bits per heavy atom. The van der Waals surface area contributed by atoms with E-state index in [1.54, 1.807) is 7.11 Å². The standard InChI is InChI=1S/C11H17N3O/c1-12-11-7-10(13-14-11)8-4-3-5-9(6-8)15-2/h3-6,10-14H,7H2,1-2H3. The second-order valence-corrected chi connectivity index (χ2v) is 3.69. The lowest BCUT2D eigenvalue weighted by Gasteiger charge is -2.10. The van der Waals surface area contributed by atoms with E-state index < -0.39 is 0 Å². The molecule has 1 aromatic carbocycles. The Morgan fingerprint density at radius 1 is 1.40 bits per heavy atom. The van der Waals surface area contributed by atoms with Crippen molar-refractivity contribution in [3.63, 3.8) is 0 Å². The quantitative estimate of drug-likeness (QED) is 0.685. The smallest absolute Gasteiger partial charge is 0.119 e. The first-order valence-corrected chi connectivity index (χ1v) is 5.15. The summed E-state index contributed by atoms with van der Waals surface area (Å²) < 4.78 is 5.20.